The van der Waals surface area contributed by atoms with E-state index in [-0.39, 0.29) is 11.6 Å². The van der Waals surface area contributed by atoms with Crippen molar-refractivity contribution in [3.8, 4) is 5.75 Å². The summed E-state index contributed by atoms with van der Waals surface area (Å²) in [6.45, 7) is 4.73. The van der Waals surface area contributed by atoms with Crippen LogP contribution >= 0.6 is 11.6 Å². The third-order valence-corrected chi connectivity index (χ3v) is 2.87. The fourth-order valence-corrected chi connectivity index (χ4v) is 1.46. The van der Waals surface area contributed by atoms with Gasteiger partial charge in [0, 0.05) is 0 Å². The highest BCUT2D eigenvalue weighted by Gasteiger charge is 2.40. The lowest BCUT2D eigenvalue weighted by Crippen LogP contribution is -2.38. The van der Waals surface area contributed by atoms with Gasteiger partial charge in [0.25, 0.3) is 0 Å². The molecule has 0 unspecified atom stereocenters. The molecular formula is C14H16ClFO4. The van der Waals surface area contributed by atoms with E-state index in [1.54, 1.807) is 0 Å². The van der Waals surface area contributed by atoms with Crippen molar-refractivity contribution in [3.05, 3.63) is 29.0 Å². The highest BCUT2D eigenvalue weighted by atomic mass is 35.5. The van der Waals surface area contributed by atoms with Gasteiger partial charge in [-0.05, 0) is 32.4 Å². The Labute approximate surface area is 121 Å². The molecule has 0 aliphatic rings. The first kappa shape index (κ1) is 16.4. The monoisotopic (exact) mass is 302 g/mol. The van der Waals surface area contributed by atoms with Crippen molar-refractivity contribution < 1.29 is 23.5 Å². The molecule has 4 nitrogen and oxygen atoms in total. The predicted octanol–water partition coefficient (Wildman–Crippen LogP) is 3.36. The van der Waals surface area contributed by atoms with Crippen LogP contribution in [0.4, 0.5) is 4.39 Å². The first-order valence-corrected chi connectivity index (χ1v) is 6.52. The molecule has 0 saturated carbocycles. The van der Waals surface area contributed by atoms with E-state index >= 15 is 0 Å². The van der Waals surface area contributed by atoms with Gasteiger partial charge in [0.15, 0.2) is 17.0 Å². The van der Waals surface area contributed by atoms with E-state index in [1.807, 2.05) is 6.92 Å². The maximum Gasteiger partial charge on any atom is 0.328 e. The zero-order valence-electron chi connectivity index (χ0n) is 11.5. The minimum Gasteiger partial charge on any atom is -0.465 e. The van der Waals surface area contributed by atoms with Gasteiger partial charge in [0.05, 0.1) is 11.6 Å². The van der Waals surface area contributed by atoms with Crippen LogP contribution in [-0.4, -0.2) is 18.5 Å². The summed E-state index contributed by atoms with van der Waals surface area (Å²) in [4.78, 5) is 23.8. The van der Waals surface area contributed by atoms with Crippen LogP contribution in [0.5, 0.6) is 5.75 Å². The van der Waals surface area contributed by atoms with Crippen LogP contribution in [0.1, 0.15) is 27.2 Å². The van der Waals surface area contributed by atoms with Gasteiger partial charge in [-0.1, -0.05) is 24.6 Å². The summed E-state index contributed by atoms with van der Waals surface area (Å²) >= 11 is 5.75. The molecule has 0 heterocycles. The Kier molecular flexibility index (Phi) is 5.51. The molecule has 1 aromatic rings. The summed E-state index contributed by atoms with van der Waals surface area (Å²) in [5.41, 5.74) is -1.54. The van der Waals surface area contributed by atoms with Gasteiger partial charge >= 0.3 is 11.9 Å². The van der Waals surface area contributed by atoms with Crippen LogP contribution in [0, 0.1) is 11.2 Å². The van der Waals surface area contributed by atoms with Gasteiger partial charge < -0.3 is 9.47 Å². The molecule has 20 heavy (non-hydrogen) atoms. The number of halogens is 2. The van der Waals surface area contributed by atoms with E-state index in [9.17, 15) is 14.0 Å². The molecule has 0 saturated heterocycles. The fraction of sp³-hybridized carbons (Fsp3) is 0.429. The highest BCUT2D eigenvalue weighted by Crippen LogP contribution is 2.30. The van der Waals surface area contributed by atoms with Crippen molar-refractivity contribution in [2.45, 2.75) is 27.2 Å². The van der Waals surface area contributed by atoms with Crippen molar-refractivity contribution >= 4 is 23.5 Å². The lowest BCUT2D eigenvalue weighted by atomic mass is 9.94. The molecule has 1 rings (SSSR count). The second kappa shape index (κ2) is 6.70. The Morgan fingerprint density at radius 1 is 1.30 bits per heavy atom. The molecule has 0 radical (unpaired) electrons. The average Bonchev–Trinajstić information content (AvgIpc) is 2.39. The van der Waals surface area contributed by atoms with E-state index in [4.69, 9.17) is 21.1 Å². The smallest absolute Gasteiger partial charge is 0.328 e. The van der Waals surface area contributed by atoms with Crippen LogP contribution in [0.25, 0.3) is 0 Å². The van der Waals surface area contributed by atoms with Crippen LogP contribution in [0.2, 0.25) is 5.02 Å². The first-order valence-electron chi connectivity index (χ1n) is 6.14. The Morgan fingerprint density at radius 2 is 1.95 bits per heavy atom. The number of benzene rings is 1. The number of para-hydroxylation sites is 1. The van der Waals surface area contributed by atoms with Crippen molar-refractivity contribution in [2.24, 2.45) is 5.41 Å². The first-order chi connectivity index (χ1) is 9.30. The molecule has 110 valence electrons. The maximum atomic E-state index is 13.5. The normalized spacial score (nSPS) is 11.1. The van der Waals surface area contributed by atoms with Gasteiger partial charge in [-0.15, -0.1) is 0 Å². The minimum atomic E-state index is -1.54. The molecule has 0 N–H and O–H groups in total. The number of hydrogen-bond acceptors (Lipinski definition) is 4. The highest BCUT2D eigenvalue weighted by molar-refractivity contribution is 6.32. The van der Waals surface area contributed by atoms with Crippen molar-refractivity contribution in [1.82, 2.24) is 0 Å². The molecule has 0 fully saturated rings. The van der Waals surface area contributed by atoms with Crippen LogP contribution in [0.3, 0.4) is 0 Å². The van der Waals surface area contributed by atoms with E-state index in [2.05, 4.69) is 0 Å². The third kappa shape index (κ3) is 3.70. The molecule has 0 aliphatic carbocycles. The summed E-state index contributed by atoms with van der Waals surface area (Å²) in [5.74, 6) is -2.82. The Hall–Kier alpha value is -1.62. The molecule has 0 aliphatic heterocycles. The summed E-state index contributed by atoms with van der Waals surface area (Å²) in [7, 11) is 0. The quantitative estimate of drug-likeness (QED) is 0.475. The zero-order valence-corrected chi connectivity index (χ0v) is 12.3. The van der Waals surface area contributed by atoms with Gasteiger partial charge in [0.1, 0.15) is 0 Å². The van der Waals surface area contributed by atoms with Gasteiger partial charge in [-0.2, -0.15) is 0 Å². The third-order valence-electron chi connectivity index (χ3n) is 2.57. The van der Waals surface area contributed by atoms with Gasteiger partial charge in [-0.25, -0.2) is 4.39 Å². The number of rotatable bonds is 5. The Bertz CT molecular complexity index is 494. The number of ether oxygens (including phenoxy) is 2. The molecule has 0 atom stereocenters. The van der Waals surface area contributed by atoms with Crippen LogP contribution < -0.4 is 4.74 Å². The maximum absolute atomic E-state index is 13.5. The van der Waals surface area contributed by atoms with E-state index in [0.29, 0.717) is 6.42 Å². The zero-order chi connectivity index (χ0) is 15.3. The second-order valence-corrected chi connectivity index (χ2v) is 5.11. The largest absolute Gasteiger partial charge is 0.465 e. The number of esters is 2. The second-order valence-electron chi connectivity index (χ2n) is 4.70. The molecule has 0 aromatic heterocycles. The minimum absolute atomic E-state index is 0.0453. The average molecular weight is 303 g/mol. The molecular weight excluding hydrogens is 287 g/mol. The topological polar surface area (TPSA) is 52.6 Å². The standard InChI is InChI=1S/C14H16ClFO4/c1-4-8-19-12(17)14(2,3)13(18)20-11-9(15)6-5-7-10(11)16/h5-7H,4,8H2,1-3H3. The van der Waals surface area contributed by atoms with E-state index in [1.165, 1.54) is 26.0 Å². The molecule has 1 aromatic carbocycles. The Balaban J connectivity index is 2.87. The summed E-state index contributed by atoms with van der Waals surface area (Å²) in [5, 5.41) is -0.0453. The van der Waals surface area contributed by atoms with E-state index in [0.717, 1.165) is 6.07 Å². The van der Waals surface area contributed by atoms with Crippen LogP contribution in [0.15, 0.2) is 18.2 Å². The molecule has 6 heteroatoms. The molecule has 0 amide bonds. The van der Waals surface area contributed by atoms with Gasteiger partial charge in [0.2, 0.25) is 0 Å². The van der Waals surface area contributed by atoms with Crippen molar-refractivity contribution in [1.29, 1.82) is 0 Å². The number of carbonyl (C=O) groups is 2. The lowest BCUT2D eigenvalue weighted by molar-refractivity contribution is -0.164. The van der Waals surface area contributed by atoms with Crippen LogP contribution in [-0.2, 0) is 14.3 Å². The summed E-state index contributed by atoms with van der Waals surface area (Å²) in [6, 6.07) is 3.88. The van der Waals surface area contributed by atoms with Crippen molar-refractivity contribution in [2.75, 3.05) is 6.61 Å². The fourth-order valence-electron chi connectivity index (χ4n) is 1.26. The molecule has 0 spiro atoms. The summed E-state index contributed by atoms with van der Waals surface area (Å²) < 4.78 is 23.3. The van der Waals surface area contributed by atoms with Gasteiger partial charge in [-0.3, -0.25) is 9.59 Å². The SMILES string of the molecule is CCCOC(=O)C(C)(C)C(=O)Oc1c(F)cccc1Cl. The molecule has 0 bridgehead atoms. The Morgan fingerprint density at radius 3 is 2.50 bits per heavy atom. The van der Waals surface area contributed by atoms with Crippen molar-refractivity contribution in [3.63, 3.8) is 0 Å². The van der Waals surface area contributed by atoms with E-state index < -0.39 is 28.9 Å². The number of hydrogen-bond donors (Lipinski definition) is 0. The number of carbonyl (C=O) groups excluding carboxylic acids is 2. The lowest BCUT2D eigenvalue weighted by Gasteiger charge is -2.20. The summed E-state index contributed by atoms with van der Waals surface area (Å²) in [6.07, 6.45) is 0.635. The predicted molar refractivity (Wildman–Crippen MR) is 72.1 cm³/mol.